The minimum absolute atomic E-state index is 0.0116. The average Bonchev–Trinajstić information content (AvgIpc) is 3.28. The number of nitrogens with one attached hydrogen (secondary N) is 1. The van der Waals surface area contributed by atoms with E-state index in [2.05, 4.69) is 20.6 Å². The van der Waals surface area contributed by atoms with Gasteiger partial charge in [0.25, 0.3) is 11.5 Å². The van der Waals surface area contributed by atoms with Gasteiger partial charge in [0.15, 0.2) is 0 Å². The summed E-state index contributed by atoms with van der Waals surface area (Å²) in [6.45, 7) is 4.01. The molecule has 2 aromatic carbocycles. The van der Waals surface area contributed by atoms with Crippen molar-refractivity contribution in [3.8, 4) is 5.75 Å². The fraction of sp³-hybridized carbons (Fsp3) is 0.276. The largest absolute Gasteiger partial charge is 0.496 e. The molecule has 2 aromatic heterocycles. The summed E-state index contributed by atoms with van der Waals surface area (Å²) in [5.74, 6) is -0.177. The molecule has 1 amide bonds. The van der Waals surface area contributed by atoms with Gasteiger partial charge in [-0.1, -0.05) is 24.3 Å². The maximum atomic E-state index is 14.5. The van der Waals surface area contributed by atoms with E-state index >= 15 is 0 Å². The topological polar surface area (TPSA) is 87.4 Å². The average molecular weight is 549 g/mol. The number of pyridine rings is 1. The first kappa shape index (κ1) is 26.8. The Morgan fingerprint density at radius 1 is 1.21 bits per heavy atom. The van der Waals surface area contributed by atoms with Gasteiger partial charge < -0.3 is 19.4 Å². The molecule has 1 saturated heterocycles. The van der Waals surface area contributed by atoms with Crippen LogP contribution in [0.25, 0.3) is 0 Å². The van der Waals surface area contributed by atoms with Gasteiger partial charge in [0.2, 0.25) is 0 Å². The van der Waals surface area contributed by atoms with Gasteiger partial charge in [-0.3, -0.25) is 14.3 Å². The molecule has 1 fully saturated rings. The van der Waals surface area contributed by atoms with Gasteiger partial charge in [-0.15, -0.1) is 9.24 Å². The van der Waals surface area contributed by atoms with Crippen LogP contribution in [0.2, 0.25) is 0 Å². The summed E-state index contributed by atoms with van der Waals surface area (Å²) >= 11 is 0. The van der Waals surface area contributed by atoms with Crippen LogP contribution in [-0.4, -0.2) is 40.6 Å². The molecule has 0 radical (unpaired) electrons. The lowest BCUT2D eigenvalue weighted by molar-refractivity contribution is 0.00620. The van der Waals surface area contributed by atoms with Crippen LogP contribution in [0.4, 0.5) is 4.39 Å². The highest BCUT2D eigenvalue weighted by atomic mass is 31.0. The third-order valence-electron chi connectivity index (χ3n) is 6.96. The first-order valence-electron chi connectivity index (χ1n) is 12.6. The highest BCUT2D eigenvalue weighted by molar-refractivity contribution is 7.28. The zero-order valence-electron chi connectivity index (χ0n) is 21.8. The van der Waals surface area contributed by atoms with E-state index in [1.54, 1.807) is 39.8 Å². The maximum absolute atomic E-state index is 14.5. The van der Waals surface area contributed by atoms with Crippen LogP contribution in [0.3, 0.4) is 0 Å². The van der Waals surface area contributed by atoms with Crippen molar-refractivity contribution in [2.45, 2.75) is 32.5 Å². The van der Waals surface area contributed by atoms with Crippen LogP contribution in [-0.2, 0) is 24.4 Å². The smallest absolute Gasteiger partial charge is 0.255 e. The lowest BCUT2D eigenvalue weighted by Gasteiger charge is -2.25. The molecule has 3 heterocycles. The Kier molecular flexibility index (Phi) is 7.91. The molecule has 10 heteroatoms. The van der Waals surface area contributed by atoms with E-state index in [0.29, 0.717) is 54.2 Å². The molecule has 8 nitrogen and oxygen atoms in total. The van der Waals surface area contributed by atoms with Crippen LogP contribution in [0.15, 0.2) is 65.7 Å². The molecule has 1 aliphatic heterocycles. The number of aryl methyl sites for hydroxylation is 1. The Morgan fingerprint density at radius 3 is 2.72 bits per heavy atom. The number of benzene rings is 2. The van der Waals surface area contributed by atoms with Crippen molar-refractivity contribution in [1.29, 1.82) is 0 Å². The lowest BCUT2D eigenvalue weighted by atomic mass is 10.00. The monoisotopic (exact) mass is 548 g/mol. The number of hydrogen-bond donors (Lipinski definition) is 1. The van der Waals surface area contributed by atoms with E-state index in [-0.39, 0.29) is 23.9 Å². The Balaban J connectivity index is 1.33. The Bertz CT molecular complexity index is 1580. The van der Waals surface area contributed by atoms with Crippen LogP contribution < -0.4 is 20.9 Å². The number of aromatic nitrogens is 3. The first-order chi connectivity index (χ1) is 18.8. The molecule has 0 spiro atoms. The van der Waals surface area contributed by atoms with Gasteiger partial charge in [0.1, 0.15) is 11.6 Å². The second kappa shape index (κ2) is 11.5. The molecule has 0 saturated carbocycles. The van der Waals surface area contributed by atoms with Gasteiger partial charge in [-0.2, -0.15) is 5.10 Å². The Morgan fingerprint density at radius 2 is 2.03 bits per heavy atom. The number of ether oxygens (including phenoxy) is 2. The maximum Gasteiger partial charge on any atom is 0.255 e. The summed E-state index contributed by atoms with van der Waals surface area (Å²) in [7, 11) is 4.00. The normalized spacial score (nSPS) is 13.2. The predicted molar refractivity (Wildman–Crippen MR) is 149 cm³/mol. The van der Waals surface area contributed by atoms with Gasteiger partial charge in [0, 0.05) is 35.9 Å². The number of nitrogens with zero attached hydrogens (tertiary/aromatic N) is 3. The molecule has 0 aliphatic carbocycles. The van der Waals surface area contributed by atoms with Crippen LogP contribution in [0.1, 0.15) is 44.2 Å². The van der Waals surface area contributed by atoms with Crippen LogP contribution in [0.5, 0.6) is 5.75 Å². The van der Waals surface area contributed by atoms with Crippen LogP contribution >= 0.6 is 9.24 Å². The minimum Gasteiger partial charge on any atom is -0.496 e. The van der Waals surface area contributed by atoms with Gasteiger partial charge in [0.05, 0.1) is 50.6 Å². The molecule has 1 atom stereocenters. The summed E-state index contributed by atoms with van der Waals surface area (Å²) in [6.07, 6.45) is 3.51. The highest BCUT2D eigenvalue weighted by Gasteiger charge is 2.29. The fourth-order valence-electron chi connectivity index (χ4n) is 4.62. The molecular weight excluding hydrogens is 518 g/mol. The third kappa shape index (κ3) is 5.79. The number of rotatable bonds is 9. The van der Waals surface area contributed by atoms with Gasteiger partial charge >= 0.3 is 0 Å². The highest BCUT2D eigenvalue weighted by Crippen LogP contribution is 2.26. The van der Waals surface area contributed by atoms with Crippen molar-refractivity contribution in [1.82, 2.24) is 19.7 Å². The van der Waals surface area contributed by atoms with E-state index in [4.69, 9.17) is 14.6 Å². The van der Waals surface area contributed by atoms with Gasteiger partial charge in [-0.05, 0) is 41.8 Å². The quantitative estimate of drug-likeness (QED) is 0.325. The van der Waals surface area contributed by atoms with E-state index in [0.717, 1.165) is 16.7 Å². The number of amides is 1. The number of hydrogen-bond acceptors (Lipinski definition) is 5. The number of halogens is 1. The lowest BCUT2D eigenvalue weighted by Crippen LogP contribution is -2.30. The van der Waals surface area contributed by atoms with Crippen molar-refractivity contribution < 1.29 is 18.7 Å². The third-order valence-corrected chi connectivity index (χ3v) is 7.59. The molecule has 1 N–H and O–H groups in total. The molecule has 1 unspecified atom stereocenters. The summed E-state index contributed by atoms with van der Waals surface area (Å²) < 4.78 is 28.5. The van der Waals surface area contributed by atoms with Crippen molar-refractivity contribution in [2.75, 3.05) is 20.3 Å². The summed E-state index contributed by atoms with van der Waals surface area (Å²) in [5, 5.41) is 8.14. The second-order valence-electron chi connectivity index (χ2n) is 9.61. The Labute approximate surface area is 228 Å². The van der Waals surface area contributed by atoms with E-state index < -0.39 is 5.82 Å². The number of methoxy groups -OCH3 is 1. The molecular formula is C29H30FN4O4P. The minimum atomic E-state index is -0.416. The zero-order chi connectivity index (χ0) is 27.5. The van der Waals surface area contributed by atoms with Gasteiger partial charge in [-0.25, -0.2) is 4.39 Å². The molecule has 0 bridgehead atoms. The predicted octanol–water partition coefficient (Wildman–Crippen LogP) is 3.14. The van der Waals surface area contributed by atoms with E-state index in [9.17, 15) is 14.0 Å². The number of carbonyl (C=O) groups is 1. The second-order valence-corrected chi connectivity index (χ2v) is 10.2. The first-order valence-corrected chi connectivity index (χ1v) is 13.2. The molecule has 5 rings (SSSR count). The van der Waals surface area contributed by atoms with E-state index in [1.807, 2.05) is 25.1 Å². The molecule has 4 aromatic rings. The summed E-state index contributed by atoms with van der Waals surface area (Å²) in [4.78, 5) is 25.3. The molecule has 39 heavy (non-hydrogen) atoms. The Hall–Kier alpha value is -3.81. The van der Waals surface area contributed by atoms with Crippen molar-refractivity contribution in [3.63, 3.8) is 0 Å². The summed E-state index contributed by atoms with van der Waals surface area (Å²) in [6, 6.07) is 14.1. The van der Waals surface area contributed by atoms with E-state index in [1.165, 1.54) is 13.2 Å². The molecule has 1 aliphatic rings. The standard InChI is InChI=1S/C29H30FN4O4P/c1-18-11-19(6-7-20(18)14-33-10-4-3-5-26(33)35)13-34-15-23(27(32-34)21-16-38-17-21)29(36)31-12-22-24(30)8-9-25(37-2)28(22)39/h3-11,15,21H,12-14,16-17,39H2,1-2H3,(H,31,36). The fourth-order valence-corrected chi connectivity index (χ4v) is 5.08. The number of carbonyl (C=O) groups excluding carboxylic acids is 1. The van der Waals surface area contributed by atoms with Crippen molar-refractivity contribution in [2.24, 2.45) is 0 Å². The van der Waals surface area contributed by atoms with Crippen LogP contribution in [0, 0.1) is 12.7 Å². The zero-order valence-corrected chi connectivity index (χ0v) is 23.0. The SMILES string of the molecule is COc1ccc(F)c(CNC(=O)c2cn(Cc3ccc(Cn4ccccc4=O)c(C)c3)nc2C2COC2)c1P. The van der Waals surface area contributed by atoms with Crippen molar-refractivity contribution in [3.05, 3.63) is 111 Å². The summed E-state index contributed by atoms with van der Waals surface area (Å²) in [5.41, 5.74) is 4.57. The van der Waals surface area contributed by atoms with Crippen molar-refractivity contribution >= 4 is 20.5 Å². The molecule has 202 valence electrons.